The number of benzene rings is 1. The molecule has 2 rings (SSSR count). The van der Waals surface area contributed by atoms with Crippen LogP contribution in [0.3, 0.4) is 0 Å². The predicted octanol–water partition coefficient (Wildman–Crippen LogP) is 3.06. The Balaban J connectivity index is 2.36. The summed E-state index contributed by atoms with van der Waals surface area (Å²) in [5, 5.41) is 4.73. The zero-order valence-electron chi connectivity index (χ0n) is 10.5. The normalized spacial score (nSPS) is 11.6. The third-order valence-corrected chi connectivity index (χ3v) is 5.33. The molecule has 0 unspecified atom stereocenters. The molecule has 2 N–H and O–H groups in total. The van der Waals surface area contributed by atoms with Crippen LogP contribution in [0.25, 0.3) is 0 Å². The minimum atomic E-state index is -3.79. The predicted molar refractivity (Wildman–Crippen MR) is 79.3 cm³/mol. The molecule has 0 aliphatic rings. The van der Waals surface area contributed by atoms with Gasteiger partial charge in [-0.25, -0.2) is 12.8 Å². The van der Waals surface area contributed by atoms with E-state index in [9.17, 15) is 12.8 Å². The molecule has 0 aliphatic heterocycles. The van der Waals surface area contributed by atoms with E-state index in [0.29, 0.717) is 11.4 Å². The summed E-state index contributed by atoms with van der Waals surface area (Å²) < 4.78 is 40.1. The Kier molecular flexibility index (Phi) is 4.64. The number of thiophene rings is 1. The highest BCUT2D eigenvalue weighted by atomic mass is 35.5. The third-order valence-electron chi connectivity index (χ3n) is 2.50. The Morgan fingerprint density at radius 2 is 2.10 bits per heavy atom. The van der Waals surface area contributed by atoms with Gasteiger partial charge in [-0.15, -0.1) is 11.3 Å². The number of hydrogen-bond donors (Lipinski definition) is 2. The lowest BCUT2D eigenvalue weighted by molar-refractivity contribution is 0.600. The minimum Gasteiger partial charge on any atom is -0.315 e. The lowest BCUT2D eigenvalue weighted by Crippen LogP contribution is -2.16. The average molecular weight is 335 g/mol. The van der Waals surface area contributed by atoms with Gasteiger partial charge in [0.2, 0.25) is 0 Å². The third kappa shape index (κ3) is 3.29. The fourth-order valence-electron chi connectivity index (χ4n) is 1.63. The summed E-state index contributed by atoms with van der Waals surface area (Å²) in [5.41, 5.74) is 0.0216. The van der Waals surface area contributed by atoms with E-state index in [0.717, 1.165) is 12.1 Å². The van der Waals surface area contributed by atoms with E-state index < -0.39 is 15.8 Å². The largest absolute Gasteiger partial charge is 0.315 e. The van der Waals surface area contributed by atoms with Crippen molar-refractivity contribution in [2.75, 3.05) is 11.8 Å². The van der Waals surface area contributed by atoms with E-state index in [4.69, 9.17) is 11.6 Å². The van der Waals surface area contributed by atoms with Gasteiger partial charge < -0.3 is 5.32 Å². The van der Waals surface area contributed by atoms with Gasteiger partial charge in [-0.2, -0.15) is 0 Å². The highest BCUT2D eigenvalue weighted by Crippen LogP contribution is 2.28. The Morgan fingerprint density at radius 1 is 1.35 bits per heavy atom. The van der Waals surface area contributed by atoms with E-state index in [1.807, 2.05) is 0 Å². The van der Waals surface area contributed by atoms with Crippen molar-refractivity contribution in [3.8, 4) is 0 Å². The topological polar surface area (TPSA) is 58.2 Å². The average Bonchev–Trinajstić information content (AvgIpc) is 2.83. The molecule has 108 valence electrons. The van der Waals surface area contributed by atoms with E-state index in [1.54, 1.807) is 12.4 Å². The van der Waals surface area contributed by atoms with Gasteiger partial charge in [-0.1, -0.05) is 11.6 Å². The van der Waals surface area contributed by atoms with Crippen molar-refractivity contribution in [3.05, 3.63) is 45.4 Å². The smallest absolute Gasteiger partial charge is 0.263 e. The first-order chi connectivity index (χ1) is 9.44. The molecule has 1 aromatic heterocycles. The van der Waals surface area contributed by atoms with Gasteiger partial charge in [0.05, 0.1) is 10.7 Å². The molecular formula is C12H12ClFN2O2S2. The lowest BCUT2D eigenvalue weighted by atomic mass is 10.3. The Bertz CT molecular complexity index is 716. The van der Waals surface area contributed by atoms with Crippen LogP contribution in [-0.4, -0.2) is 15.5 Å². The van der Waals surface area contributed by atoms with Crippen molar-refractivity contribution in [2.24, 2.45) is 0 Å². The molecule has 20 heavy (non-hydrogen) atoms. The van der Waals surface area contributed by atoms with Gasteiger partial charge >= 0.3 is 0 Å². The molecular weight excluding hydrogens is 323 g/mol. The summed E-state index contributed by atoms with van der Waals surface area (Å²) in [7, 11) is -2.06. The second-order valence-electron chi connectivity index (χ2n) is 3.97. The van der Waals surface area contributed by atoms with Gasteiger partial charge in [0.25, 0.3) is 10.0 Å². The molecule has 8 heteroatoms. The van der Waals surface area contributed by atoms with Crippen LogP contribution in [0.1, 0.15) is 4.88 Å². The van der Waals surface area contributed by atoms with Crippen LogP contribution in [0.5, 0.6) is 0 Å². The quantitative estimate of drug-likeness (QED) is 0.883. The van der Waals surface area contributed by atoms with Gasteiger partial charge in [0, 0.05) is 11.4 Å². The number of hydrogen-bond acceptors (Lipinski definition) is 4. The van der Waals surface area contributed by atoms with Crippen LogP contribution >= 0.6 is 22.9 Å². The van der Waals surface area contributed by atoms with E-state index >= 15 is 0 Å². The van der Waals surface area contributed by atoms with Crippen molar-refractivity contribution >= 4 is 38.6 Å². The monoisotopic (exact) mass is 334 g/mol. The summed E-state index contributed by atoms with van der Waals surface area (Å²) in [6.07, 6.45) is 0. The standard InChI is InChI=1S/C12H12ClFN2O2S2/c1-15-7-11-12(4-5-19-11)20(17,18)16-10-6-8(14)2-3-9(10)13/h2-6,15-16H,7H2,1H3. The Labute approximate surface area is 125 Å². The molecule has 1 aromatic carbocycles. The zero-order valence-corrected chi connectivity index (χ0v) is 12.9. The molecule has 0 radical (unpaired) electrons. The van der Waals surface area contributed by atoms with Crippen molar-refractivity contribution in [3.63, 3.8) is 0 Å². The molecule has 0 aliphatic carbocycles. The summed E-state index contributed by atoms with van der Waals surface area (Å²) in [5.74, 6) is -0.562. The van der Waals surface area contributed by atoms with Gasteiger partial charge in [0.15, 0.2) is 0 Å². The maximum absolute atomic E-state index is 13.2. The first kappa shape index (κ1) is 15.2. The molecule has 0 saturated heterocycles. The van der Waals surface area contributed by atoms with E-state index in [2.05, 4.69) is 10.0 Å². The highest BCUT2D eigenvalue weighted by molar-refractivity contribution is 7.93. The van der Waals surface area contributed by atoms with Crippen LogP contribution in [-0.2, 0) is 16.6 Å². The first-order valence-corrected chi connectivity index (χ1v) is 8.37. The van der Waals surface area contributed by atoms with E-state index in [1.165, 1.54) is 23.5 Å². The van der Waals surface area contributed by atoms with Crippen LogP contribution in [0, 0.1) is 5.82 Å². The molecule has 0 amide bonds. The maximum Gasteiger partial charge on any atom is 0.263 e. The van der Waals surface area contributed by atoms with Crippen molar-refractivity contribution in [2.45, 2.75) is 11.4 Å². The molecule has 0 saturated carbocycles. The number of rotatable bonds is 5. The number of halogens is 2. The van der Waals surface area contributed by atoms with Crippen molar-refractivity contribution in [1.29, 1.82) is 0 Å². The second kappa shape index (κ2) is 6.09. The fourth-order valence-corrected chi connectivity index (χ4v) is 4.38. The Morgan fingerprint density at radius 3 is 2.80 bits per heavy atom. The molecule has 0 fully saturated rings. The summed E-state index contributed by atoms with van der Waals surface area (Å²) in [6, 6.07) is 5.02. The summed E-state index contributed by atoms with van der Waals surface area (Å²) >= 11 is 7.19. The van der Waals surface area contributed by atoms with Crippen LogP contribution in [0.2, 0.25) is 5.02 Å². The number of anilines is 1. The van der Waals surface area contributed by atoms with Crippen LogP contribution in [0.4, 0.5) is 10.1 Å². The lowest BCUT2D eigenvalue weighted by Gasteiger charge is -2.10. The number of sulfonamides is 1. The fraction of sp³-hybridized carbons (Fsp3) is 0.167. The number of nitrogens with one attached hydrogen (secondary N) is 2. The molecule has 0 bridgehead atoms. The van der Waals surface area contributed by atoms with Crippen molar-refractivity contribution in [1.82, 2.24) is 5.32 Å². The highest BCUT2D eigenvalue weighted by Gasteiger charge is 2.20. The molecule has 0 atom stereocenters. The van der Waals surface area contributed by atoms with Crippen LogP contribution in [0.15, 0.2) is 34.5 Å². The SMILES string of the molecule is CNCc1sccc1S(=O)(=O)Nc1cc(F)ccc1Cl. The second-order valence-corrected chi connectivity index (χ2v) is 7.03. The van der Waals surface area contributed by atoms with E-state index in [-0.39, 0.29) is 15.6 Å². The zero-order chi connectivity index (χ0) is 14.8. The molecule has 1 heterocycles. The van der Waals surface area contributed by atoms with Crippen molar-refractivity contribution < 1.29 is 12.8 Å². The van der Waals surface area contributed by atoms with Gasteiger partial charge in [0.1, 0.15) is 10.7 Å². The van der Waals surface area contributed by atoms with Gasteiger partial charge in [-0.05, 0) is 36.7 Å². The first-order valence-electron chi connectivity index (χ1n) is 5.63. The van der Waals surface area contributed by atoms with Crippen LogP contribution < -0.4 is 10.0 Å². The molecule has 0 spiro atoms. The van der Waals surface area contributed by atoms with Gasteiger partial charge in [-0.3, -0.25) is 4.72 Å². The maximum atomic E-state index is 13.2. The summed E-state index contributed by atoms with van der Waals surface area (Å²) in [4.78, 5) is 0.838. The minimum absolute atomic E-state index is 0.0216. The molecule has 2 aromatic rings. The molecule has 4 nitrogen and oxygen atoms in total. The Hall–Kier alpha value is -1.15. The summed E-state index contributed by atoms with van der Waals surface area (Å²) in [6.45, 7) is 0.435.